The first-order chi connectivity index (χ1) is 20.9. The Morgan fingerprint density at radius 2 is 1.73 bits per heavy atom. The van der Waals surface area contributed by atoms with Gasteiger partial charge in [-0.2, -0.15) is 5.10 Å². The number of aryl methyl sites for hydroxylation is 1. The number of nitrogens with zero attached hydrogens (tertiary/aromatic N) is 3. The van der Waals surface area contributed by atoms with Crippen molar-refractivity contribution in [3.05, 3.63) is 118 Å². The number of rotatable bonds is 6. The molecule has 10 heteroatoms. The molecule has 0 bridgehead atoms. The van der Waals surface area contributed by atoms with E-state index in [9.17, 15) is 22.8 Å². The summed E-state index contributed by atoms with van der Waals surface area (Å²) in [6, 6.07) is 15.3. The van der Waals surface area contributed by atoms with Crippen LogP contribution in [0.2, 0.25) is 0 Å². The predicted molar refractivity (Wildman–Crippen MR) is 163 cm³/mol. The van der Waals surface area contributed by atoms with Crippen LogP contribution >= 0.6 is 0 Å². The minimum atomic E-state index is -0.915. The minimum absolute atomic E-state index is 0.171. The van der Waals surface area contributed by atoms with E-state index < -0.39 is 17.5 Å². The molecule has 1 atom stereocenters. The molecule has 1 unspecified atom stereocenters. The maximum Gasteiger partial charge on any atom is 0.254 e. The fourth-order valence-corrected chi connectivity index (χ4v) is 5.29. The zero-order valence-electron chi connectivity index (χ0n) is 24.8. The Morgan fingerprint density at radius 1 is 1.00 bits per heavy atom. The summed E-state index contributed by atoms with van der Waals surface area (Å²) in [5, 5.41) is 8.17. The van der Waals surface area contributed by atoms with Gasteiger partial charge in [0, 0.05) is 17.1 Å². The van der Waals surface area contributed by atoms with Gasteiger partial charge in [-0.1, -0.05) is 43.7 Å². The molecule has 0 spiro atoms. The number of hydrogen-bond acceptors (Lipinski definition) is 4. The maximum absolute atomic E-state index is 13.6. The Bertz CT molecular complexity index is 1860. The molecular weight excluding hydrogens is 567 g/mol. The second-order valence-electron chi connectivity index (χ2n) is 11.4. The molecule has 3 heterocycles. The van der Waals surface area contributed by atoms with Crippen molar-refractivity contribution in [2.24, 2.45) is 11.7 Å². The molecule has 1 aliphatic heterocycles. The van der Waals surface area contributed by atoms with Crippen LogP contribution in [0.3, 0.4) is 0 Å². The third kappa shape index (κ3) is 6.34. The predicted octanol–water partition coefficient (Wildman–Crippen LogP) is 6.66. The lowest BCUT2D eigenvalue weighted by molar-refractivity contribution is 0.0958. The molecule has 0 radical (unpaired) electrons. The van der Waals surface area contributed by atoms with Crippen molar-refractivity contribution in [1.29, 1.82) is 0 Å². The number of carbonyl (C=O) groups excluding carboxylic acids is 2. The zero-order valence-corrected chi connectivity index (χ0v) is 24.8. The second-order valence-corrected chi connectivity index (χ2v) is 11.4. The van der Waals surface area contributed by atoms with Crippen LogP contribution in [-0.2, 0) is 13.0 Å². The Hall–Kier alpha value is -4.99. The summed E-state index contributed by atoms with van der Waals surface area (Å²) in [5.74, 6) is -2.71. The van der Waals surface area contributed by atoms with Crippen LogP contribution in [0.5, 0.6) is 0 Å². The van der Waals surface area contributed by atoms with Crippen LogP contribution in [-0.4, -0.2) is 26.6 Å². The highest BCUT2D eigenvalue weighted by Crippen LogP contribution is 2.38. The average Bonchev–Trinajstić information content (AvgIpc) is 3.49. The first-order valence-corrected chi connectivity index (χ1v) is 14.2. The van der Waals surface area contributed by atoms with E-state index in [2.05, 4.69) is 10.4 Å². The molecule has 0 aliphatic carbocycles. The van der Waals surface area contributed by atoms with Crippen LogP contribution in [0.25, 0.3) is 22.0 Å². The number of primary amides is 1. The largest absolute Gasteiger partial charge is 0.366 e. The van der Waals surface area contributed by atoms with Gasteiger partial charge in [0.15, 0.2) is 11.6 Å². The highest BCUT2D eigenvalue weighted by Gasteiger charge is 2.35. The van der Waals surface area contributed by atoms with Crippen LogP contribution in [0.15, 0.2) is 66.9 Å². The van der Waals surface area contributed by atoms with Crippen molar-refractivity contribution >= 4 is 22.7 Å². The molecule has 1 aliphatic rings. The van der Waals surface area contributed by atoms with Gasteiger partial charge in [-0.15, -0.1) is 0 Å². The summed E-state index contributed by atoms with van der Waals surface area (Å²) in [5.41, 5.74) is 11.1. The summed E-state index contributed by atoms with van der Waals surface area (Å²) in [4.78, 5) is 30.3. The van der Waals surface area contributed by atoms with E-state index in [0.717, 1.165) is 23.1 Å². The van der Waals surface area contributed by atoms with E-state index in [4.69, 9.17) is 10.7 Å². The molecule has 226 valence electrons. The van der Waals surface area contributed by atoms with Crippen LogP contribution < -0.4 is 11.1 Å². The molecule has 6 rings (SSSR count). The molecule has 0 fully saturated rings. The lowest BCUT2D eigenvalue weighted by Gasteiger charge is -2.17. The number of halogens is 3. The summed E-state index contributed by atoms with van der Waals surface area (Å²) < 4.78 is 40.6. The summed E-state index contributed by atoms with van der Waals surface area (Å²) in [7, 11) is 0. The smallest absolute Gasteiger partial charge is 0.254 e. The quantitative estimate of drug-likeness (QED) is 0.228. The number of benzene rings is 3. The zero-order chi connectivity index (χ0) is 31.7. The van der Waals surface area contributed by atoms with Crippen molar-refractivity contribution in [2.45, 2.75) is 46.7 Å². The van der Waals surface area contributed by atoms with E-state index in [0.29, 0.717) is 45.6 Å². The van der Waals surface area contributed by atoms with Gasteiger partial charge in [-0.3, -0.25) is 19.3 Å². The molecule has 3 N–H and O–H groups in total. The summed E-state index contributed by atoms with van der Waals surface area (Å²) in [6.45, 7) is 8.09. The number of carbonyl (C=O) groups is 2. The van der Waals surface area contributed by atoms with Crippen LogP contribution in [0.4, 0.5) is 13.2 Å². The molecule has 5 aromatic rings. The Labute approximate surface area is 252 Å². The standard InChI is InChI=1S/C27H25F2N5O2.C7H7F/c1-13(2)8-21-23(26(30)35)22(24-25(32-21)14(3)31-27(24)36)16-5-7-20-17(10-16)12-34(33-20)11-15-4-6-18(28)19(29)9-15;1-6-2-4-7(8)5-3-6/h4-7,9-10,12-14H,8,11H2,1-3H3,(H2,30,35)(H,31,36);2-5H,1H3. The second kappa shape index (κ2) is 12.3. The number of pyridine rings is 1. The fraction of sp³-hybridized carbons (Fsp3) is 0.235. The lowest BCUT2D eigenvalue weighted by atomic mass is 9.89. The van der Waals surface area contributed by atoms with Gasteiger partial charge in [0.2, 0.25) is 0 Å². The van der Waals surface area contributed by atoms with Gasteiger partial charge in [0.25, 0.3) is 11.8 Å². The highest BCUT2D eigenvalue weighted by molar-refractivity contribution is 6.12. The Kier molecular flexibility index (Phi) is 8.53. The molecule has 44 heavy (non-hydrogen) atoms. The first-order valence-electron chi connectivity index (χ1n) is 14.2. The van der Waals surface area contributed by atoms with E-state index in [-0.39, 0.29) is 35.8 Å². The number of nitrogens with two attached hydrogens (primary N) is 1. The number of nitrogens with one attached hydrogen (secondary N) is 1. The van der Waals surface area contributed by atoms with Gasteiger partial charge in [-0.25, -0.2) is 13.2 Å². The van der Waals surface area contributed by atoms with E-state index in [1.807, 2.05) is 33.8 Å². The van der Waals surface area contributed by atoms with Gasteiger partial charge in [-0.05, 0) is 73.7 Å². The average molecular weight is 600 g/mol. The SMILES string of the molecule is CC(C)Cc1nc2c(c(-c3ccc4nn(Cc5ccc(F)c(F)c5)cc4c3)c1C(N)=O)C(=O)NC2C.Cc1ccc(F)cc1. The molecular formula is C34H32F3N5O2. The van der Waals surface area contributed by atoms with Crippen molar-refractivity contribution in [2.75, 3.05) is 0 Å². The van der Waals surface area contributed by atoms with Crippen LogP contribution in [0, 0.1) is 30.3 Å². The number of fused-ring (bicyclic) bond motifs is 2. The molecule has 2 amide bonds. The number of hydrogen-bond donors (Lipinski definition) is 2. The number of aromatic nitrogens is 3. The van der Waals surface area contributed by atoms with Crippen LogP contribution in [0.1, 0.15) is 70.0 Å². The monoisotopic (exact) mass is 599 g/mol. The normalized spacial score (nSPS) is 13.9. The molecule has 0 saturated heterocycles. The minimum Gasteiger partial charge on any atom is -0.366 e. The Balaban J connectivity index is 0.000000418. The van der Waals surface area contributed by atoms with E-state index >= 15 is 0 Å². The van der Waals surface area contributed by atoms with Crippen molar-refractivity contribution in [3.8, 4) is 11.1 Å². The van der Waals surface area contributed by atoms with Crippen molar-refractivity contribution < 1.29 is 22.8 Å². The molecule has 7 nitrogen and oxygen atoms in total. The van der Waals surface area contributed by atoms with Gasteiger partial charge in [0.05, 0.1) is 40.6 Å². The fourth-order valence-electron chi connectivity index (χ4n) is 5.29. The maximum atomic E-state index is 13.6. The van der Waals surface area contributed by atoms with E-state index in [1.54, 1.807) is 35.1 Å². The summed E-state index contributed by atoms with van der Waals surface area (Å²) in [6.07, 6.45) is 2.32. The molecule has 3 aromatic carbocycles. The topological polar surface area (TPSA) is 103 Å². The van der Waals surface area contributed by atoms with Crippen molar-refractivity contribution in [1.82, 2.24) is 20.1 Å². The molecule has 0 saturated carbocycles. The third-order valence-electron chi connectivity index (χ3n) is 7.31. The molecule has 2 aromatic heterocycles. The lowest BCUT2D eigenvalue weighted by Crippen LogP contribution is -2.20. The highest BCUT2D eigenvalue weighted by atomic mass is 19.2. The summed E-state index contributed by atoms with van der Waals surface area (Å²) >= 11 is 0. The van der Waals surface area contributed by atoms with Gasteiger partial charge >= 0.3 is 0 Å². The third-order valence-corrected chi connectivity index (χ3v) is 7.31. The van der Waals surface area contributed by atoms with Gasteiger partial charge in [0.1, 0.15) is 5.82 Å². The first kappa shape index (κ1) is 30.5. The van der Waals surface area contributed by atoms with Gasteiger partial charge < -0.3 is 11.1 Å². The Morgan fingerprint density at radius 3 is 2.36 bits per heavy atom. The van der Waals surface area contributed by atoms with Crippen molar-refractivity contribution in [3.63, 3.8) is 0 Å². The van der Waals surface area contributed by atoms with E-state index in [1.165, 1.54) is 18.2 Å². The number of amides is 2.